The van der Waals surface area contributed by atoms with Crippen LogP contribution in [-0.2, 0) is 11.3 Å². The second-order valence-electron chi connectivity index (χ2n) is 8.21. The van der Waals surface area contributed by atoms with Gasteiger partial charge in [0.05, 0.1) is 5.69 Å². The van der Waals surface area contributed by atoms with Crippen LogP contribution in [0, 0.1) is 17.7 Å². The number of carbonyl (C=O) groups excluding carboxylic acids is 2. The summed E-state index contributed by atoms with van der Waals surface area (Å²) in [6.07, 6.45) is 5.86. The van der Waals surface area contributed by atoms with Crippen molar-refractivity contribution in [1.82, 2.24) is 15.1 Å². The second-order valence-corrected chi connectivity index (χ2v) is 8.21. The van der Waals surface area contributed by atoms with Crippen LogP contribution < -0.4 is 11.1 Å². The first kappa shape index (κ1) is 21.0. The Bertz CT molecular complexity index is 854. The summed E-state index contributed by atoms with van der Waals surface area (Å²) < 4.78 is 15.0. The van der Waals surface area contributed by atoms with Crippen LogP contribution in [0.4, 0.5) is 4.39 Å². The van der Waals surface area contributed by atoms with Crippen LogP contribution in [0.2, 0.25) is 0 Å². The zero-order chi connectivity index (χ0) is 21.0. The van der Waals surface area contributed by atoms with Crippen LogP contribution in [0.3, 0.4) is 0 Å². The molecule has 1 atom stereocenters. The molecule has 3 N–H and O–H groups in total. The highest BCUT2D eigenvalue weighted by atomic mass is 19.1. The first-order chi connectivity index (χ1) is 13.8. The predicted molar refractivity (Wildman–Crippen MR) is 109 cm³/mol. The Kier molecular flexibility index (Phi) is 6.67. The van der Waals surface area contributed by atoms with E-state index in [1.807, 2.05) is 13.8 Å². The van der Waals surface area contributed by atoms with Crippen LogP contribution in [0.5, 0.6) is 0 Å². The van der Waals surface area contributed by atoms with Gasteiger partial charge >= 0.3 is 0 Å². The fourth-order valence-electron chi connectivity index (χ4n) is 3.90. The molecular weight excluding hydrogens is 371 g/mol. The molecule has 29 heavy (non-hydrogen) atoms. The molecule has 1 aliphatic rings. The van der Waals surface area contributed by atoms with Crippen molar-refractivity contribution in [1.29, 1.82) is 0 Å². The van der Waals surface area contributed by atoms with Crippen LogP contribution >= 0.6 is 0 Å². The summed E-state index contributed by atoms with van der Waals surface area (Å²) in [5.74, 6) is -0.921. The molecule has 0 aliphatic heterocycles. The summed E-state index contributed by atoms with van der Waals surface area (Å²) in [5.41, 5.74) is 7.18. The van der Waals surface area contributed by atoms with Gasteiger partial charge in [-0.15, -0.1) is 0 Å². The van der Waals surface area contributed by atoms with Gasteiger partial charge in [-0.3, -0.25) is 14.3 Å². The molecule has 1 aliphatic carbocycles. The third-order valence-electron chi connectivity index (χ3n) is 5.57. The quantitative estimate of drug-likeness (QED) is 0.745. The predicted octanol–water partition coefficient (Wildman–Crippen LogP) is 3.51. The topological polar surface area (TPSA) is 90.0 Å². The molecule has 1 fully saturated rings. The number of amides is 2. The van der Waals surface area contributed by atoms with Gasteiger partial charge in [0.15, 0.2) is 0 Å². The number of nitrogens with one attached hydrogen (secondary N) is 1. The maximum atomic E-state index is 13.3. The smallest absolute Gasteiger partial charge is 0.270 e. The molecule has 2 amide bonds. The first-order valence-electron chi connectivity index (χ1n) is 10.3. The Balaban J connectivity index is 1.90. The number of halogens is 1. The summed E-state index contributed by atoms with van der Waals surface area (Å²) in [7, 11) is 0. The van der Waals surface area contributed by atoms with Crippen molar-refractivity contribution in [3.05, 3.63) is 41.8 Å². The standard InChI is InChI=1S/C22H29FN4O2/c1-14(2)20(21(24)28)25-22(29)19-12-18(16-8-10-17(23)11-9-16)26-27(19)13-15-6-4-3-5-7-15/h8-12,14-15,20H,3-7,13H2,1-2H3,(H2,24,28)(H,25,29)/t20-/m0/s1. The number of hydrogen-bond donors (Lipinski definition) is 2. The van der Waals surface area contributed by atoms with Crippen molar-refractivity contribution >= 4 is 11.8 Å². The molecule has 0 unspecified atom stereocenters. The van der Waals surface area contributed by atoms with Gasteiger partial charge in [0.25, 0.3) is 5.91 Å². The van der Waals surface area contributed by atoms with E-state index in [1.54, 1.807) is 22.9 Å². The van der Waals surface area contributed by atoms with E-state index in [9.17, 15) is 14.0 Å². The number of carbonyl (C=O) groups is 2. The largest absolute Gasteiger partial charge is 0.368 e. The zero-order valence-electron chi connectivity index (χ0n) is 17.0. The molecule has 7 heteroatoms. The first-order valence-corrected chi connectivity index (χ1v) is 10.3. The van der Waals surface area contributed by atoms with Crippen molar-refractivity contribution in [3.63, 3.8) is 0 Å². The normalized spacial score (nSPS) is 16.0. The van der Waals surface area contributed by atoms with Gasteiger partial charge in [0.1, 0.15) is 17.6 Å². The summed E-state index contributed by atoms with van der Waals surface area (Å²) >= 11 is 0. The number of benzene rings is 1. The molecule has 1 aromatic carbocycles. The van der Waals surface area contributed by atoms with E-state index in [-0.39, 0.29) is 17.6 Å². The molecule has 1 heterocycles. The molecule has 1 aromatic heterocycles. The summed E-state index contributed by atoms with van der Waals surface area (Å²) in [6, 6.07) is 6.97. The Hall–Kier alpha value is -2.70. The Labute approximate surface area is 170 Å². The number of nitrogens with two attached hydrogens (primary N) is 1. The Morgan fingerprint density at radius 3 is 2.45 bits per heavy atom. The second kappa shape index (κ2) is 9.20. The number of rotatable bonds is 7. The molecule has 6 nitrogen and oxygen atoms in total. The van der Waals surface area contributed by atoms with Gasteiger partial charge in [0, 0.05) is 12.1 Å². The lowest BCUT2D eigenvalue weighted by Gasteiger charge is -2.23. The maximum absolute atomic E-state index is 13.3. The Morgan fingerprint density at radius 1 is 1.21 bits per heavy atom. The highest BCUT2D eigenvalue weighted by Gasteiger charge is 2.26. The molecule has 156 valence electrons. The minimum atomic E-state index is -0.755. The maximum Gasteiger partial charge on any atom is 0.270 e. The van der Waals surface area contributed by atoms with Crippen molar-refractivity contribution in [3.8, 4) is 11.3 Å². The SMILES string of the molecule is CC(C)[C@H](NC(=O)c1cc(-c2ccc(F)cc2)nn1CC1CCCCC1)C(N)=O. The molecule has 3 rings (SSSR count). The van der Waals surface area contributed by atoms with Gasteiger partial charge in [0.2, 0.25) is 5.91 Å². The molecular formula is C22H29FN4O2. The molecule has 0 bridgehead atoms. The van der Waals surface area contributed by atoms with Crippen LogP contribution in [0.15, 0.2) is 30.3 Å². The van der Waals surface area contributed by atoms with Crippen molar-refractivity contribution in [2.45, 2.75) is 58.5 Å². The highest BCUT2D eigenvalue weighted by molar-refractivity contribution is 5.97. The monoisotopic (exact) mass is 400 g/mol. The number of primary amides is 1. The van der Waals surface area contributed by atoms with Crippen molar-refractivity contribution in [2.75, 3.05) is 0 Å². The fraction of sp³-hybridized carbons (Fsp3) is 0.500. The Morgan fingerprint density at radius 2 is 1.86 bits per heavy atom. The van der Waals surface area contributed by atoms with Gasteiger partial charge in [-0.05, 0) is 55.0 Å². The summed E-state index contributed by atoms with van der Waals surface area (Å²) in [6.45, 7) is 4.31. The minimum Gasteiger partial charge on any atom is -0.368 e. The lowest BCUT2D eigenvalue weighted by atomic mass is 9.89. The highest BCUT2D eigenvalue weighted by Crippen LogP contribution is 2.27. The third-order valence-corrected chi connectivity index (χ3v) is 5.57. The molecule has 0 saturated heterocycles. The average molecular weight is 400 g/mol. The molecule has 0 spiro atoms. The summed E-state index contributed by atoms with van der Waals surface area (Å²) in [4.78, 5) is 24.7. The van der Waals surface area contributed by atoms with Crippen molar-refractivity contribution < 1.29 is 14.0 Å². The molecule has 1 saturated carbocycles. The van der Waals surface area contributed by atoms with E-state index >= 15 is 0 Å². The summed E-state index contributed by atoms with van der Waals surface area (Å²) in [5, 5.41) is 7.39. The third kappa shape index (κ3) is 5.22. The van der Waals surface area contributed by atoms with Gasteiger partial charge < -0.3 is 11.1 Å². The van der Waals surface area contributed by atoms with E-state index in [1.165, 1.54) is 31.4 Å². The number of nitrogens with zero attached hydrogens (tertiary/aromatic N) is 2. The minimum absolute atomic E-state index is 0.122. The molecule has 2 aromatic rings. The van der Waals surface area contributed by atoms with E-state index in [0.717, 1.165) is 18.4 Å². The van der Waals surface area contributed by atoms with Gasteiger partial charge in [-0.2, -0.15) is 5.10 Å². The van der Waals surface area contributed by atoms with Crippen molar-refractivity contribution in [2.24, 2.45) is 17.6 Å². The van der Waals surface area contributed by atoms with E-state index in [2.05, 4.69) is 10.4 Å². The number of aromatic nitrogens is 2. The van der Waals surface area contributed by atoms with Crippen LogP contribution in [-0.4, -0.2) is 27.6 Å². The van der Waals surface area contributed by atoms with E-state index in [0.29, 0.717) is 23.9 Å². The van der Waals surface area contributed by atoms with Gasteiger partial charge in [-0.25, -0.2) is 4.39 Å². The van der Waals surface area contributed by atoms with Crippen LogP contribution in [0.25, 0.3) is 11.3 Å². The fourth-order valence-corrected chi connectivity index (χ4v) is 3.90. The lowest BCUT2D eigenvalue weighted by Crippen LogP contribution is -2.48. The zero-order valence-corrected chi connectivity index (χ0v) is 17.0. The van der Waals surface area contributed by atoms with E-state index in [4.69, 9.17) is 5.73 Å². The van der Waals surface area contributed by atoms with Gasteiger partial charge in [-0.1, -0.05) is 33.1 Å². The van der Waals surface area contributed by atoms with E-state index < -0.39 is 11.9 Å². The average Bonchev–Trinajstić information content (AvgIpc) is 3.10. The molecule has 0 radical (unpaired) electrons. The lowest BCUT2D eigenvalue weighted by molar-refractivity contribution is -0.120. The van der Waals surface area contributed by atoms with Crippen LogP contribution in [0.1, 0.15) is 56.4 Å². The number of hydrogen-bond acceptors (Lipinski definition) is 3.